The third-order valence-electron chi connectivity index (χ3n) is 3.79. The van der Waals surface area contributed by atoms with Crippen LogP contribution in [0.4, 0.5) is 0 Å². The molecule has 1 aliphatic rings. The second-order valence-electron chi connectivity index (χ2n) is 5.26. The van der Waals surface area contributed by atoms with Crippen LogP contribution in [0.3, 0.4) is 0 Å². The van der Waals surface area contributed by atoms with Crippen LogP contribution in [0.15, 0.2) is 24.5 Å². The molecule has 0 radical (unpaired) electrons. The summed E-state index contributed by atoms with van der Waals surface area (Å²) in [6, 6.07) is 5.01. The van der Waals surface area contributed by atoms with Gasteiger partial charge in [-0.15, -0.1) is 10.2 Å². The number of methoxy groups -OCH3 is 1. The molecular weight excluding hydrogens is 320 g/mol. The van der Waals surface area contributed by atoms with E-state index >= 15 is 0 Å². The van der Waals surface area contributed by atoms with E-state index in [-0.39, 0.29) is 12.0 Å². The second-order valence-corrected chi connectivity index (χ2v) is 5.67. The summed E-state index contributed by atoms with van der Waals surface area (Å²) >= 11 is 6.01. The van der Waals surface area contributed by atoms with Crippen LogP contribution in [-0.4, -0.2) is 52.4 Å². The van der Waals surface area contributed by atoms with E-state index in [2.05, 4.69) is 10.2 Å². The van der Waals surface area contributed by atoms with Gasteiger partial charge in [-0.3, -0.25) is 4.79 Å². The summed E-state index contributed by atoms with van der Waals surface area (Å²) in [5.74, 6) is 1.10. The minimum atomic E-state index is -0.283. The lowest BCUT2D eigenvalue weighted by atomic mass is 10.1. The molecule has 0 N–H and O–H groups in total. The van der Waals surface area contributed by atoms with E-state index in [0.717, 1.165) is 0 Å². The normalized spacial score (nSPS) is 18.0. The van der Waals surface area contributed by atoms with Crippen LogP contribution in [-0.2, 0) is 11.8 Å². The number of hydrogen-bond acceptors (Lipinski definition) is 5. The predicted octanol–water partition coefficient (Wildman–Crippen LogP) is 1.69. The van der Waals surface area contributed by atoms with E-state index < -0.39 is 0 Å². The summed E-state index contributed by atoms with van der Waals surface area (Å²) in [5.41, 5.74) is 0.532. The molecule has 1 saturated heterocycles. The molecule has 122 valence electrons. The van der Waals surface area contributed by atoms with Crippen LogP contribution in [0.2, 0.25) is 5.02 Å². The molecule has 2 heterocycles. The Labute approximate surface area is 138 Å². The van der Waals surface area contributed by atoms with E-state index in [1.54, 1.807) is 34.0 Å². The van der Waals surface area contributed by atoms with Gasteiger partial charge in [0.15, 0.2) is 5.82 Å². The number of carbonyl (C=O) groups is 1. The van der Waals surface area contributed by atoms with Gasteiger partial charge >= 0.3 is 0 Å². The second kappa shape index (κ2) is 6.55. The molecule has 1 atom stereocenters. The summed E-state index contributed by atoms with van der Waals surface area (Å²) in [6.07, 6.45) is 1.33. The summed E-state index contributed by atoms with van der Waals surface area (Å²) in [4.78, 5) is 14.4. The fourth-order valence-corrected chi connectivity index (χ4v) is 2.74. The zero-order valence-electron chi connectivity index (χ0n) is 12.9. The molecule has 1 aliphatic heterocycles. The molecule has 1 aromatic carbocycles. The Morgan fingerprint density at radius 2 is 2.30 bits per heavy atom. The van der Waals surface area contributed by atoms with Gasteiger partial charge in [-0.05, 0) is 18.2 Å². The number of nitrogens with zero attached hydrogens (tertiary/aromatic N) is 4. The third-order valence-corrected chi connectivity index (χ3v) is 4.10. The number of halogens is 1. The van der Waals surface area contributed by atoms with E-state index in [1.807, 2.05) is 7.05 Å². The molecule has 8 heteroatoms. The Morgan fingerprint density at radius 3 is 3.00 bits per heavy atom. The molecule has 0 unspecified atom stereocenters. The van der Waals surface area contributed by atoms with Gasteiger partial charge in [-0.2, -0.15) is 0 Å². The number of morpholine rings is 1. The van der Waals surface area contributed by atoms with Crippen LogP contribution in [0.5, 0.6) is 5.75 Å². The lowest BCUT2D eigenvalue weighted by Crippen LogP contribution is -2.42. The van der Waals surface area contributed by atoms with Gasteiger partial charge in [0, 0.05) is 19.2 Å². The lowest BCUT2D eigenvalue weighted by molar-refractivity contribution is -0.0281. The first kappa shape index (κ1) is 15.8. The number of rotatable bonds is 3. The van der Waals surface area contributed by atoms with Crippen molar-refractivity contribution in [1.29, 1.82) is 0 Å². The molecule has 7 nitrogen and oxygen atoms in total. The number of aryl methyl sites for hydroxylation is 1. The zero-order chi connectivity index (χ0) is 16.4. The first-order valence-corrected chi connectivity index (χ1v) is 7.56. The van der Waals surface area contributed by atoms with Gasteiger partial charge in [0.25, 0.3) is 5.91 Å². The molecular formula is C15H17ClN4O3. The maximum Gasteiger partial charge on any atom is 0.254 e. The van der Waals surface area contributed by atoms with Crippen molar-refractivity contribution in [2.45, 2.75) is 6.10 Å². The Hall–Kier alpha value is -2.12. The minimum absolute atomic E-state index is 0.0876. The van der Waals surface area contributed by atoms with Gasteiger partial charge in [-0.25, -0.2) is 0 Å². The first-order chi connectivity index (χ1) is 11.1. The molecule has 1 fully saturated rings. The molecule has 0 spiro atoms. The number of aromatic nitrogens is 3. The molecule has 0 aliphatic carbocycles. The van der Waals surface area contributed by atoms with Gasteiger partial charge < -0.3 is 18.9 Å². The summed E-state index contributed by atoms with van der Waals surface area (Å²) < 4.78 is 12.7. The SMILES string of the molecule is COc1cc(C(=O)N2CCO[C@H](c3nncn3C)C2)ccc1Cl. The molecule has 3 rings (SSSR count). The average molecular weight is 337 g/mol. The molecule has 0 saturated carbocycles. The Kier molecular flexibility index (Phi) is 4.49. The molecule has 1 aromatic heterocycles. The van der Waals surface area contributed by atoms with Crippen LogP contribution in [0.1, 0.15) is 22.3 Å². The minimum Gasteiger partial charge on any atom is -0.495 e. The van der Waals surface area contributed by atoms with Crippen molar-refractivity contribution < 1.29 is 14.3 Å². The first-order valence-electron chi connectivity index (χ1n) is 7.18. The third kappa shape index (κ3) is 3.16. The maximum atomic E-state index is 12.7. The highest BCUT2D eigenvalue weighted by Crippen LogP contribution is 2.27. The van der Waals surface area contributed by atoms with Crippen molar-refractivity contribution in [3.63, 3.8) is 0 Å². The van der Waals surface area contributed by atoms with Crippen molar-refractivity contribution in [2.24, 2.45) is 7.05 Å². The van der Waals surface area contributed by atoms with Crippen molar-refractivity contribution in [3.8, 4) is 5.75 Å². The van der Waals surface area contributed by atoms with Crippen LogP contribution in [0.25, 0.3) is 0 Å². The predicted molar refractivity (Wildman–Crippen MR) is 83.6 cm³/mol. The number of benzene rings is 1. The Morgan fingerprint density at radius 1 is 1.48 bits per heavy atom. The largest absolute Gasteiger partial charge is 0.495 e. The van der Waals surface area contributed by atoms with Crippen LogP contribution < -0.4 is 4.74 Å². The fraction of sp³-hybridized carbons (Fsp3) is 0.400. The molecule has 2 aromatic rings. The highest BCUT2D eigenvalue weighted by Gasteiger charge is 2.29. The standard InChI is InChI=1S/C15H17ClN4O3/c1-19-9-17-18-14(19)13-8-20(5-6-23-13)15(21)10-3-4-11(16)12(7-10)22-2/h3-4,7,9,13H,5-6,8H2,1-2H3/t13-/m0/s1. The molecule has 1 amide bonds. The summed E-state index contributed by atoms with van der Waals surface area (Å²) in [5, 5.41) is 8.39. The smallest absolute Gasteiger partial charge is 0.254 e. The lowest BCUT2D eigenvalue weighted by Gasteiger charge is -2.32. The van der Waals surface area contributed by atoms with Gasteiger partial charge in [-0.1, -0.05) is 11.6 Å². The van der Waals surface area contributed by atoms with Crippen molar-refractivity contribution in [1.82, 2.24) is 19.7 Å². The van der Waals surface area contributed by atoms with Crippen molar-refractivity contribution in [3.05, 3.63) is 40.9 Å². The van der Waals surface area contributed by atoms with E-state index in [4.69, 9.17) is 21.1 Å². The van der Waals surface area contributed by atoms with E-state index in [1.165, 1.54) is 7.11 Å². The summed E-state index contributed by atoms with van der Waals surface area (Å²) in [7, 11) is 3.37. The Balaban J connectivity index is 1.78. The summed E-state index contributed by atoms with van der Waals surface area (Å²) in [6.45, 7) is 1.41. The topological polar surface area (TPSA) is 69.5 Å². The fourth-order valence-electron chi connectivity index (χ4n) is 2.55. The van der Waals surface area contributed by atoms with Crippen molar-refractivity contribution in [2.75, 3.05) is 26.8 Å². The quantitative estimate of drug-likeness (QED) is 0.853. The Bertz CT molecular complexity index is 718. The van der Waals surface area contributed by atoms with Crippen molar-refractivity contribution >= 4 is 17.5 Å². The van der Waals surface area contributed by atoms with E-state index in [0.29, 0.717) is 41.9 Å². The van der Waals surface area contributed by atoms with Gasteiger partial charge in [0.1, 0.15) is 18.2 Å². The molecule has 23 heavy (non-hydrogen) atoms. The zero-order valence-corrected chi connectivity index (χ0v) is 13.7. The van der Waals surface area contributed by atoms with Crippen LogP contribution in [0, 0.1) is 0 Å². The van der Waals surface area contributed by atoms with Gasteiger partial charge in [0.05, 0.1) is 25.3 Å². The van der Waals surface area contributed by atoms with Gasteiger partial charge in [0.2, 0.25) is 0 Å². The highest BCUT2D eigenvalue weighted by atomic mass is 35.5. The monoisotopic (exact) mass is 336 g/mol. The highest BCUT2D eigenvalue weighted by molar-refractivity contribution is 6.32. The molecule has 0 bridgehead atoms. The number of carbonyl (C=O) groups excluding carboxylic acids is 1. The van der Waals surface area contributed by atoms with E-state index in [9.17, 15) is 4.79 Å². The number of amides is 1. The number of ether oxygens (including phenoxy) is 2. The number of hydrogen-bond donors (Lipinski definition) is 0. The van der Waals surface area contributed by atoms with Crippen LogP contribution >= 0.6 is 11.6 Å². The maximum absolute atomic E-state index is 12.7. The average Bonchev–Trinajstić information content (AvgIpc) is 3.01.